The number of anilines is 1. The fourth-order valence-corrected chi connectivity index (χ4v) is 4.75. The summed E-state index contributed by atoms with van der Waals surface area (Å²) in [6.07, 6.45) is 2.55. The Bertz CT molecular complexity index is 845. The quantitative estimate of drug-likeness (QED) is 0.824. The molecule has 0 aliphatic carbocycles. The Morgan fingerprint density at radius 1 is 1.38 bits per heavy atom. The maximum Gasteiger partial charge on any atom is 0.241 e. The number of benzene rings is 1. The van der Waals surface area contributed by atoms with Crippen molar-refractivity contribution in [2.75, 3.05) is 5.32 Å². The summed E-state index contributed by atoms with van der Waals surface area (Å²) in [6.45, 7) is 4.09. The number of hydrogen-bond acceptors (Lipinski definition) is 5. The van der Waals surface area contributed by atoms with Crippen molar-refractivity contribution in [3.05, 3.63) is 40.3 Å². The molecule has 3 rings (SSSR count). The maximum atomic E-state index is 12.8. The van der Waals surface area contributed by atoms with E-state index in [1.165, 1.54) is 17.4 Å². The number of aromatic nitrogens is 1. The summed E-state index contributed by atoms with van der Waals surface area (Å²) in [5, 5.41) is 5.29. The van der Waals surface area contributed by atoms with Crippen LogP contribution in [0.15, 0.2) is 34.7 Å². The van der Waals surface area contributed by atoms with Gasteiger partial charge in [-0.05, 0) is 36.1 Å². The minimum atomic E-state index is -3.69. The van der Waals surface area contributed by atoms with E-state index < -0.39 is 10.0 Å². The van der Waals surface area contributed by atoms with E-state index in [9.17, 15) is 13.2 Å². The lowest BCUT2D eigenvalue weighted by Gasteiger charge is -2.19. The molecule has 0 radical (unpaired) electrons. The van der Waals surface area contributed by atoms with Gasteiger partial charge in [-0.15, -0.1) is 11.3 Å². The second-order valence-corrected chi connectivity index (χ2v) is 8.86. The van der Waals surface area contributed by atoms with E-state index in [1.807, 2.05) is 19.2 Å². The monoisotopic (exact) mass is 365 g/mol. The molecule has 1 unspecified atom stereocenters. The molecular weight excluding hydrogens is 346 g/mol. The third kappa shape index (κ3) is 3.66. The summed E-state index contributed by atoms with van der Waals surface area (Å²) < 4.78 is 28.3. The summed E-state index contributed by atoms with van der Waals surface area (Å²) in [5.41, 5.74) is 1.38. The predicted octanol–water partition coefficient (Wildman–Crippen LogP) is 2.70. The largest absolute Gasteiger partial charge is 0.326 e. The van der Waals surface area contributed by atoms with Gasteiger partial charge in [0.1, 0.15) is 5.01 Å². The van der Waals surface area contributed by atoms with Crippen LogP contribution in [0.1, 0.15) is 36.9 Å². The lowest BCUT2D eigenvalue weighted by atomic mass is 10.1. The Kier molecular flexibility index (Phi) is 4.71. The van der Waals surface area contributed by atoms with Crippen molar-refractivity contribution in [2.24, 2.45) is 5.92 Å². The van der Waals surface area contributed by atoms with Gasteiger partial charge in [-0.25, -0.2) is 18.1 Å². The molecule has 1 atom stereocenters. The van der Waals surface area contributed by atoms with E-state index in [2.05, 4.69) is 15.0 Å². The third-order valence-electron chi connectivity index (χ3n) is 3.77. The normalized spacial score (nSPS) is 15.4. The van der Waals surface area contributed by atoms with Crippen LogP contribution in [0.25, 0.3) is 0 Å². The first kappa shape index (κ1) is 17.1. The maximum absolute atomic E-state index is 12.8. The van der Waals surface area contributed by atoms with Crippen LogP contribution in [0.3, 0.4) is 0 Å². The van der Waals surface area contributed by atoms with Gasteiger partial charge in [-0.3, -0.25) is 4.79 Å². The van der Waals surface area contributed by atoms with Gasteiger partial charge in [0.05, 0.1) is 17.4 Å². The van der Waals surface area contributed by atoms with E-state index in [4.69, 9.17) is 0 Å². The van der Waals surface area contributed by atoms with Crippen LogP contribution in [-0.2, 0) is 21.2 Å². The van der Waals surface area contributed by atoms with Gasteiger partial charge in [0, 0.05) is 17.3 Å². The van der Waals surface area contributed by atoms with Gasteiger partial charge in [-0.2, -0.15) is 0 Å². The number of carbonyl (C=O) groups is 1. The number of nitrogens with one attached hydrogen (secondary N) is 2. The first-order valence-electron chi connectivity index (χ1n) is 7.69. The highest BCUT2D eigenvalue weighted by Crippen LogP contribution is 2.28. The molecule has 128 valence electrons. The highest BCUT2D eigenvalue weighted by atomic mass is 32.2. The summed E-state index contributed by atoms with van der Waals surface area (Å²) in [6, 6.07) is 4.35. The Hall–Kier alpha value is -1.77. The first-order valence-corrected chi connectivity index (χ1v) is 10.1. The Morgan fingerprint density at radius 2 is 2.17 bits per heavy atom. The minimum Gasteiger partial charge on any atom is -0.326 e. The molecule has 2 heterocycles. The van der Waals surface area contributed by atoms with E-state index in [1.54, 1.807) is 18.3 Å². The molecule has 6 nitrogen and oxygen atoms in total. The summed E-state index contributed by atoms with van der Waals surface area (Å²) >= 11 is 1.44. The van der Waals surface area contributed by atoms with Gasteiger partial charge < -0.3 is 5.32 Å². The lowest BCUT2D eigenvalue weighted by Crippen LogP contribution is -2.29. The third-order valence-corrected chi connectivity index (χ3v) is 6.12. The minimum absolute atomic E-state index is 0.118. The number of rotatable bonds is 6. The number of nitrogens with zero attached hydrogens (tertiary/aromatic N) is 1. The molecular formula is C16H19N3O3S2. The van der Waals surface area contributed by atoms with Crippen molar-refractivity contribution < 1.29 is 13.2 Å². The molecule has 1 aromatic carbocycles. The molecule has 1 aliphatic rings. The highest BCUT2D eigenvalue weighted by Gasteiger charge is 2.26. The zero-order valence-corrected chi connectivity index (χ0v) is 15.1. The molecule has 8 heteroatoms. The lowest BCUT2D eigenvalue weighted by molar-refractivity contribution is -0.115. The molecule has 0 bridgehead atoms. The number of hydrogen-bond donors (Lipinski definition) is 2. The van der Waals surface area contributed by atoms with E-state index in [0.717, 1.165) is 5.01 Å². The average Bonchev–Trinajstić information content (AvgIpc) is 3.13. The summed E-state index contributed by atoms with van der Waals surface area (Å²) in [4.78, 5) is 15.9. The van der Waals surface area contributed by atoms with E-state index in [0.29, 0.717) is 23.6 Å². The van der Waals surface area contributed by atoms with E-state index >= 15 is 0 Å². The topological polar surface area (TPSA) is 88.2 Å². The number of fused-ring (bicyclic) bond motifs is 1. The molecule has 0 fully saturated rings. The SMILES string of the molecule is CC(C)CC(NS(=O)(=O)c1ccc2c(c1)CC(=O)N2)c1nccs1. The zero-order valence-electron chi connectivity index (χ0n) is 13.4. The zero-order chi connectivity index (χ0) is 17.3. The Balaban J connectivity index is 1.87. The number of amides is 1. The van der Waals surface area contributed by atoms with Crippen molar-refractivity contribution in [2.45, 2.75) is 37.6 Å². The fourth-order valence-electron chi connectivity index (χ4n) is 2.71. The summed E-state index contributed by atoms with van der Waals surface area (Å²) in [7, 11) is -3.69. The van der Waals surface area contributed by atoms with Crippen LogP contribution in [0.2, 0.25) is 0 Å². The molecule has 1 aromatic heterocycles. The van der Waals surface area contributed by atoms with Gasteiger partial charge in [0.25, 0.3) is 0 Å². The van der Waals surface area contributed by atoms with Gasteiger partial charge in [0.2, 0.25) is 15.9 Å². The summed E-state index contributed by atoms with van der Waals surface area (Å²) in [5.74, 6) is 0.205. The van der Waals surface area contributed by atoms with Crippen molar-refractivity contribution in [3.8, 4) is 0 Å². The Morgan fingerprint density at radius 3 is 2.83 bits per heavy atom. The van der Waals surface area contributed by atoms with Crippen LogP contribution < -0.4 is 10.0 Å². The van der Waals surface area contributed by atoms with Gasteiger partial charge in [-0.1, -0.05) is 13.8 Å². The average molecular weight is 365 g/mol. The van der Waals surface area contributed by atoms with Gasteiger partial charge >= 0.3 is 0 Å². The van der Waals surface area contributed by atoms with Crippen molar-refractivity contribution >= 4 is 33.0 Å². The Labute approximate surface area is 145 Å². The first-order chi connectivity index (χ1) is 11.3. The molecule has 0 spiro atoms. The fraction of sp³-hybridized carbons (Fsp3) is 0.375. The number of thiazole rings is 1. The van der Waals surface area contributed by atoms with Crippen molar-refractivity contribution in [1.82, 2.24) is 9.71 Å². The van der Waals surface area contributed by atoms with Crippen molar-refractivity contribution in [3.63, 3.8) is 0 Å². The molecule has 2 N–H and O–H groups in total. The molecule has 24 heavy (non-hydrogen) atoms. The van der Waals surface area contributed by atoms with Crippen LogP contribution in [0, 0.1) is 5.92 Å². The molecule has 1 aliphatic heterocycles. The predicted molar refractivity (Wildman–Crippen MR) is 93.4 cm³/mol. The highest BCUT2D eigenvalue weighted by molar-refractivity contribution is 7.89. The molecule has 1 amide bonds. The van der Waals surface area contributed by atoms with Crippen LogP contribution in [-0.4, -0.2) is 19.3 Å². The van der Waals surface area contributed by atoms with Crippen LogP contribution in [0.5, 0.6) is 0 Å². The van der Waals surface area contributed by atoms with E-state index in [-0.39, 0.29) is 23.3 Å². The molecule has 2 aromatic rings. The smallest absolute Gasteiger partial charge is 0.241 e. The van der Waals surface area contributed by atoms with Crippen LogP contribution >= 0.6 is 11.3 Å². The molecule has 0 saturated carbocycles. The number of carbonyl (C=O) groups excluding carboxylic acids is 1. The molecule has 0 saturated heterocycles. The van der Waals surface area contributed by atoms with Crippen LogP contribution in [0.4, 0.5) is 5.69 Å². The second-order valence-electron chi connectivity index (χ2n) is 6.22. The van der Waals surface area contributed by atoms with Gasteiger partial charge in [0.15, 0.2) is 0 Å². The second kappa shape index (κ2) is 6.62. The van der Waals surface area contributed by atoms with Crippen molar-refractivity contribution in [1.29, 1.82) is 0 Å². The standard InChI is InChI=1S/C16H19N3O3S2/c1-10(2)7-14(16-17-5-6-23-16)19-24(21,22)12-3-4-13-11(8-12)9-15(20)18-13/h3-6,8,10,14,19H,7,9H2,1-2H3,(H,18,20). The number of sulfonamides is 1.